The van der Waals surface area contributed by atoms with Crippen molar-refractivity contribution >= 4 is 50.8 Å². The maximum Gasteiger partial charge on any atom is 0.243 e. The van der Waals surface area contributed by atoms with Gasteiger partial charge in [0.15, 0.2) is 10.6 Å². The van der Waals surface area contributed by atoms with Gasteiger partial charge in [-0.15, -0.1) is 11.3 Å². The van der Waals surface area contributed by atoms with Crippen LogP contribution in [0.2, 0.25) is 0 Å². The summed E-state index contributed by atoms with van der Waals surface area (Å²) in [6.07, 6.45) is 2.41. The largest absolute Gasteiger partial charge is 0.392 e. The molecule has 4 N–H and O–H groups in total. The number of anilines is 1. The van der Waals surface area contributed by atoms with Crippen molar-refractivity contribution in [2.24, 2.45) is 0 Å². The van der Waals surface area contributed by atoms with E-state index in [9.17, 15) is 14.7 Å². The number of thiazole rings is 1. The molecule has 9 nitrogen and oxygen atoms in total. The Morgan fingerprint density at radius 3 is 2.35 bits per heavy atom. The number of benzene rings is 3. The Bertz CT molecular complexity index is 1460. The molecule has 1 saturated heterocycles. The predicted octanol–water partition coefficient (Wildman–Crippen LogP) is 6.52. The number of hydrogen-bond acceptors (Lipinski definition) is 9. The van der Waals surface area contributed by atoms with Crippen LogP contribution in [0.15, 0.2) is 77.1 Å². The molecule has 3 aromatic carbocycles. The lowest BCUT2D eigenvalue weighted by Gasteiger charge is -2.36. The number of nitrogens with one attached hydrogen (secondary N) is 2. The van der Waals surface area contributed by atoms with Gasteiger partial charge in [-0.2, -0.15) is 0 Å². The Kier molecular flexibility index (Phi) is 11.2. The van der Waals surface area contributed by atoms with Gasteiger partial charge in [0.25, 0.3) is 0 Å². The second-order valence-electron chi connectivity index (χ2n) is 10.4. The molecule has 0 unspecified atom stereocenters. The first kappa shape index (κ1) is 31.1. The van der Waals surface area contributed by atoms with E-state index < -0.39 is 12.2 Å². The van der Waals surface area contributed by atoms with Gasteiger partial charge in [0, 0.05) is 36.3 Å². The zero-order valence-corrected chi connectivity index (χ0v) is 25.2. The number of fused-ring (bicyclic) bond motifs is 1. The summed E-state index contributed by atoms with van der Waals surface area (Å²) in [4.78, 5) is 28.2. The number of aliphatic hydroxyl groups is 1. The lowest BCUT2D eigenvalue weighted by Crippen LogP contribution is -2.31. The number of carbonyl (C=O) groups excluding carboxylic acids is 2. The van der Waals surface area contributed by atoms with Crippen LogP contribution in [0.5, 0.6) is 0 Å². The summed E-state index contributed by atoms with van der Waals surface area (Å²) in [6, 6.07) is 23.4. The molecule has 0 saturated carbocycles. The van der Waals surface area contributed by atoms with Gasteiger partial charge < -0.3 is 19.9 Å². The van der Waals surface area contributed by atoms with Crippen molar-refractivity contribution in [3.8, 4) is 0 Å². The molecule has 4 aromatic rings. The summed E-state index contributed by atoms with van der Waals surface area (Å²) in [5.74, 6) is 0.214. The van der Waals surface area contributed by atoms with Gasteiger partial charge in [0.1, 0.15) is 0 Å². The molecule has 11 heteroatoms. The smallest absolute Gasteiger partial charge is 0.243 e. The number of aromatic nitrogens is 1. The minimum absolute atomic E-state index is 0.00872. The van der Waals surface area contributed by atoms with E-state index in [1.807, 2.05) is 66.7 Å². The Labute approximate surface area is 258 Å². The van der Waals surface area contributed by atoms with Crippen LogP contribution in [0.1, 0.15) is 67.6 Å². The minimum atomic E-state index is -0.585. The third-order valence-corrected chi connectivity index (χ3v) is 9.49. The monoisotopic (exact) mass is 621 g/mol. The molecule has 0 aliphatic carbocycles. The zero-order chi connectivity index (χ0) is 30.0. The molecule has 0 radical (unpaired) electrons. The molecule has 43 heavy (non-hydrogen) atoms. The van der Waals surface area contributed by atoms with E-state index in [1.54, 1.807) is 28.6 Å². The van der Waals surface area contributed by atoms with Crippen molar-refractivity contribution in [1.82, 2.24) is 10.5 Å². The van der Waals surface area contributed by atoms with Crippen LogP contribution in [-0.4, -0.2) is 39.0 Å². The third kappa shape index (κ3) is 8.85. The van der Waals surface area contributed by atoms with E-state index in [0.717, 1.165) is 43.4 Å². The highest BCUT2D eigenvalue weighted by molar-refractivity contribution is 8.01. The van der Waals surface area contributed by atoms with Crippen LogP contribution in [-0.2, 0) is 25.7 Å². The molecule has 2 amide bonds. The van der Waals surface area contributed by atoms with Crippen molar-refractivity contribution in [2.75, 3.05) is 11.1 Å². The van der Waals surface area contributed by atoms with Crippen molar-refractivity contribution < 1.29 is 29.4 Å². The average molecular weight is 622 g/mol. The quantitative estimate of drug-likeness (QED) is 0.0575. The van der Waals surface area contributed by atoms with Gasteiger partial charge in [-0.25, -0.2) is 10.5 Å². The molecule has 5 rings (SSSR count). The van der Waals surface area contributed by atoms with Gasteiger partial charge in [-0.3, -0.25) is 14.8 Å². The summed E-state index contributed by atoms with van der Waals surface area (Å²) < 4.78 is 15.1. The average Bonchev–Trinajstić information content (AvgIpc) is 3.47. The van der Waals surface area contributed by atoms with Crippen LogP contribution >= 0.6 is 23.1 Å². The molecular weight excluding hydrogens is 587 g/mol. The van der Waals surface area contributed by atoms with E-state index in [2.05, 4.69) is 11.4 Å². The van der Waals surface area contributed by atoms with Crippen LogP contribution in [0.4, 0.5) is 5.69 Å². The number of hydrogen-bond donors (Lipinski definition) is 4. The molecule has 3 atom stereocenters. The highest BCUT2D eigenvalue weighted by Gasteiger charge is 2.32. The van der Waals surface area contributed by atoms with Gasteiger partial charge in [-0.05, 0) is 48.2 Å². The first-order valence-electron chi connectivity index (χ1n) is 14.3. The highest BCUT2D eigenvalue weighted by Crippen LogP contribution is 2.40. The number of rotatable bonds is 13. The summed E-state index contributed by atoms with van der Waals surface area (Å²) in [5.41, 5.74) is 6.03. The number of hydroxylamine groups is 1. The Morgan fingerprint density at radius 1 is 0.907 bits per heavy atom. The van der Waals surface area contributed by atoms with E-state index in [-0.39, 0.29) is 31.1 Å². The van der Waals surface area contributed by atoms with Gasteiger partial charge in [0.05, 0.1) is 29.0 Å². The Balaban J connectivity index is 1.21. The first-order valence-corrected chi connectivity index (χ1v) is 16.1. The highest BCUT2D eigenvalue weighted by atomic mass is 32.2. The molecule has 1 fully saturated rings. The molecule has 0 spiro atoms. The van der Waals surface area contributed by atoms with Crippen molar-refractivity contribution in [2.45, 2.75) is 68.0 Å². The number of aliphatic hydroxyl groups excluding tert-OH is 1. The van der Waals surface area contributed by atoms with Gasteiger partial charge in [0.2, 0.25) is 11.8 Å². The Hall–Kier alpha value is -3.32. The lowest BCUT2D eigenvalue weighted by atomic mass is 10.0. The fourth-order valence-corrected chi connectivity index (χ4v) is 6.96. The van der Waals surface area contributed by atoms with Crippen LogP contribution in [0.25, 0.3) is 10.2 Å². The molecule has 1 aromatic heterocycles. The molecule has 2 heterocycles. The maximum atomic E-state index is 12.4. The number of carbonyl (C=O) groups is 2. The molecule has 226 valence electrons. The van der Waals surface area contributed by atoms with E-state index in [4.69, 9.17) is 19.7 Å². The Morgan fingerprint density at radius 2 is 1.63 bits per heavy atom. The second-order valence-corrected chi connectivity index (χ2v) is 12.7. The number of thioether (sulfide) groups is 1. The van der Waals surface area contributed by atoms with Crippen molar-refractivity contribution in [3.63, 3.8) is 0 Å². The molecular formula is C32H35N3O6S2. The van der Waals surface area contributed by atoms with E-state index in [1.165, 1.54) is 0 Å². The van der Waals surface area contributed by atoms with Crippen LogP contribution in [0, 0.1) is 0 Å². The number of unbranched alkanes of at least 4 members (excludes halogenated alkanes) is 2. The molecule has 0 bridgehead atoms. The summed E-state index contributed by atoms with van der Waals surface area (Å²) in [6.45, 7) is -0.00872. The second kappa shape index (κ2) is 15.4. The van der Waals surface area contributed by atoms with Crippen molar-refractivity contribution in [3.05, 3.63) is 89.5 Å². The zero-order valence-electron chi connectivity index (χ0n) is 23.6. The van der Waals surface area contributed by atoms with Crippen LogP contribution < -0.4 is 10.8 Å². The molecule has 1 aliphatic rings. The van der Waals surface area contributed by atoms with Crippen LogP contribution in [0.3, 0.4) is 0 Å². The van der Waals surface area contributed by atoms with E-state index in [0.29, 0.717) is 31.4 Å². The SMILES string of the molecule is O=C(CCCCCC(=O)Nc1ccc([C@H]2O[C@@H](CSc3nc4ccccc4s3)C[C@@H](c3ccc(CO)cc3)O2)cc1)NO. The van der Waals surface area contributed by atoms with Crippen molar-refractivity contribution in [1.29, 1.82) is 0 Å². The predicted molar refractivity (Wildman–Crippen MR) is 167 cm³/mol. The lowest BCUT2D eigenvalue weighted by molar-refractivity contribution is -0.245. The maximum absolute atomic E-state index is 12.4. The number of ether oxygens (including phenoxy) is 2. The fourth-order valence-electron chi connectivity index (χ4n) is 4.85. The summed E-state index contributed by atoms with van der Waals surface area (Å²) >= 11 is 3.37. The normalized spacial score (nSPS) is 18.4. The number of nitrogens with zero attached hydrogens (tertiary/aromatic N) is 1. The molecule has 1 aliphatic heterocycles. The third-order valence-electron chi connectivity index (χ3n) is 7.18. The topological polar surface area (TPSA) is 130 Å². The number of para-hydroxylation sites is 1. The van der Waals surface area contributed by atoms with Gasteiger partial charge >= 0.3 is 0 Å². The van der Waals surface area contributed by atoms with Gasteiger partial charge in [-0.1, -0.05) is 66.7 Å². The fraction of sp³-hybridized carbons (Fsp3) is 0.344. The summed E-state index contributed by atoms with van der Waals surface area (Å²) in [7, 11) is 0. The van der Waals surface area contributed by atoms with E-state index >= 15 is 0 Å². The summed E-state index contributed by atoms with van der Waals surface area (Å²) in [5, 5.41) is 20.9. The first-order chi connectivity index (χ1) is 21.0. The minimum Gasteiger partial charge on any atom is -0.392 e. The standard InChI is InChI=1S/C32H35N3O6S2/c36-19-21-10-12-22(13-11-21)27-18-25(20-42-32-34-26-6-4-5-7-28(26)43-32)40-31(41-27)23-14-16-24(17-15-23)33-29(37)8-2-1-3-9-30(38)35-39/h4-7,10-17,25,27,31,36,39H,1-3,8-9,18-20H2,(H,33,37)(H,35,38)/t25-,27+,31+/m1/s1. The number of amides is 2.